The predicted molar refractivity (Wildman–Crippen MR) is 67.5 cm³/mol. The third-order valence-electron chi connectivity index (χ3n) is 2.43. The summed E-state index contributed by atoms with van der Waals surface area (Å²) in [5.74, 6) is 0. The zero-order chi connectivity index (χ0) is 13.2. The van der Waals surface area contributed by atoms with Crippen LogP contribution in [0.25, 0.3) is 16.4 Å². The van der Waals surface area contributed by atoms with Gasteiger partial charge in [0, 0.05) is 18.0 Å². The molecule has 0 aromatic carbocycles. The molecule has 3 heterocycles. The molecule has 0 saturated heterocycles. The van der Waals surface area contributed by atoms with E-state index in [4.69, 9.17) is 5.26 Å². The van der Waals surface area contributed by atoms with Gasteiger partial charge in [-0.05, 0) is 19.1 Å². The van der Waals surface area contributed by atoms with E-state index in [0.717, 1.165) is 10.6 Å². The summed E-state index contributed by atoms with van der Waals surface area (Å²) in [6.45, 7) is 1.86. The first-order valence-corrected chi connectivity index (χ1v) is 6.18. The van der Waals surface area contributed by atoms with Crippen molar-refractivity contribution in [3.63, 3.8) is 0 Å². The maximum absolute atomic E-state index is 9.13. The van der Waals surface area contributed by atoms with E-state index in [-0.39, 0.29) is 5.69 Å². The lowest BCUT2D eigenvalue weighted by Crippen LogP contribution is -1.99. The van der Waals surface area contributed by atoms with E-state index in [2.05, 4.69) is 25.5 Å². The highest BCUT2D eigenvalue weighted by molar-refractivity contribution is 7.13. The Hall–Kier alpha value is -2.66. The second-order valence-electron chi connectivity index (χ2n) is 3.65. The van der Waals surface area contributed by atoms with E-state index < -0.39 is 0 Å². The maximum Gasteiger partial charge on any atom is 0.234 e. The van der Waals surface area contributed by atoms with E-state index in [0.29, 0.717) is 10.8 Å². The highest BCUT2D eigenvalue weighted by Gasteiger charge is 2.18. The molecule has 3 aromatic rings. The van der Waals surface area contributed by atoms with Crippen molar-refractivity contribution in [1.29, 1.82) is 5.26 Å². The average Bonchev–Trinajstić information content (AvgIpc) is 3.05. The summed E-state index contributed by atoms with van der Waals surface area (Å²) in [4.78, 5) is 3.96. The van der Waals surface area contributed by atoms with Gasteiger partial charge in [0.05, 0.1) is 0 Å². The monoisotopic (exact) mass is 269 g/mol. The number of pyridine rings is 1. The van der Waals surface area contributed by atoms with Gasteiger partial charge in [0.1, 0.15) is 16.8 Å². The number of hydrogen-bond donors (Lipinski definition) is 0. The minimum Gasteiger partial charge on any atom is -0.265 e. The molecule has 19 heavy (non-hydrogen) atoms. The van der Waals surface area contributed by atoms with Crippen LogP contribution in [0.4, 0.5) is 0 Å². The summed E-state index contributed by atoms with van der Waals surface area (Å²) < 4.78 is 1.53. The highest BCUT2D eigenvalue weighted by Crippen LogP contribution is 2.25. The largest absolute Gasteiger partial charge is 0.265 e. The molecule has 0 bridgehead atoms. The first-order chi connectivity index (χ1) is 9.29. The number of nitriles is 1. The fraction of sp³-hybridized carbons (Fsp3) is 0.0909. The molecule has 0 aliphatic rings. The third-order valence-corrected chi connectivity index (χ3v) is 3.24. The molecular weight excluding hydrogens is 262 g/mol. The summed E-state index contributed by atoms with van der Waals surface area (Å²) in [6, 6.07) is 5.62. The number of rotatable bonds is 2. The van der Waals surface area contributed by atoms with Crippen molar-refractivity contribution in [2.75, 3.05) is 0 Å². The molecule has 0 atom stereocenters. The summed E-state index contributed by atoms with van der Waals surface area (Å²) in [5, 5.41) is 26.4. The van der Waals surface area contributed by atoms with Gasteiger partial charge in [-0.1, -0.05) is 16.6 Å². The third kappa shape index (κ3) is 1.96. The van der Waals surface area contributed by atoms with Crippen molar-refractivity contribution in [3.8, 4) is 22.5 Å². The van der Waals surface area contributed by atoms with Gasteiger partial charge < -0.3 is 0 Å². The predicted octanol–water partition coefficient (Wildman–Crippen LogP) is 1.36. The lowest BCUT2D eigenvalue weighted by molar-refractivity contribution is 0.787. The summed E-state index contributed by atoms with van der Waals surface area (Å²) in [6.07, 6.45) is 3.30. The van der Waals surface area contributed by atoms with Crippen molar-refractivity contribution in [3.05, 3.63) is 35.2 Å². The number of aromatic nitrogens is 6. The van der Waals surface area contributed by atoms with Gasteiger partial charge in [-0.3, -0.25) is 4.98 Å². The van der Waals surface area contributed by atoms with E-state index >= 15 is 0 Å². The second-order valence-corrected chi connectivity index (χ2v) is 4.81. The smallest absolute Gasteiger partial charge is 0.234 e. The van der Waals surface area contributed by atoms with E-state index in [9.17, 15) is 0 Å². The average molecular weight is 269 g/mol. The van der Waals surface area contributed by atoms with Gasteiger partial charge in [-0.25, -0.2) is 0 Å². The molecule has 92 valence electrons. The Bertz CT molecular complexity index is 753. The van der Waals surface area contributed by atoms with Crippen LogP contribution in [-0.2, 0) is 0 Å². The maximum atomic E-state index is 9.13. The fourth-order valence-corrected chi connectivity index (χ4v) is 2.27. The summed E-state index contributed by atoms with van der Waals surface area (Å²) in [7, 11) is 0. The normalized spacial score (nSPS) is 10.3. The van der Waals surface area contributed by atoms with E-state index in [1.54, 1.807) is 24.5 Å². The summed E-state index contributed by atoms with van der Waals surface area (Å²) in [5.41, 5.74) is 1.66. The Labute approximate surface area is 112 Å². The molecule has 0 fully saturated rings. The molecule has 3 aromatic heterocycles. The van der Waals surface area contributed by atoms with Crippen LogP contribution in [0.5, 0.6) is 0 Å². The molecule has 8 heteroatoms. The number of nitrogens with zero attached hydrogens (tertiary/aromatic N) is 7. The van der Waals surface area contributed by atoms with E-state index in [1.807, 2.05) is 13.0 Å². The Kier molecular flexibility index (Phi) is 2.74. The van der Waals surface area contributed by atoms with E-state index in [1.165, 1.54) is 16.0 Å². The molecule has 3 rings (SSSR count). The topological polar surface area (TPSA) is 93.2 Å². The van der Waals surface area contributed by atoms with Gasteiger partial charge in [0.2, 0.25) is 5.13 Å². The lowest BCUT2D eigenvalue weighted by atomic mass is 10.1. The van der Waals surface area contributed by atoms with Crippen LogP contribution in [0.15, 0.2) is 24.5 Å². The van der Waals surface area contributed by atoms with Crippen molar-refractivity contribution in [2.45, 2.75) is 6.92 Å². The molecule has 0 amide bonds. The number of aryl methyl sites for hydroxylation is 1. The molecule has 0 aliphatic heterocycles. The van der Waals surface area contributed by atoms with Crippen LogP contribution < -0.4 is 0 Å². The Balaban J connectivity index is 2.23. The van der Waals surface area contributed by atoms with Gasteiger partial charge >= 0.3 is 0 Å². The van der Waals surface area contributed by atoms with Crippen molar-refractivity contribution in [1.82, 2.24) is 30.2 Å². The van der Waals surface area contributed by atoms with Crippen LogP contribution >= 0.6 is 11.3 Å². The zero-order valence-electron chi connectivity index (χ0n) is 9.85. The quantitative estimate of drug-likeness (QED) is 0.697. The highest BCUT2D eigenvalue weighted by atomic mass is 32.1. The standard InChI is InChI=1S/C11H7N7S/c1-7-14-16-11(19-7)18-10(9(6-12)15-17-18)8-2-4-13-5-3-8/h2-5H,1H3. The first-order valence-electron chi connectivity index (χ1n) is 5.36. The molecule has 0 saturated carbocycles. The fourth-order valence-electron chi connectivity index (χ4n) is 1.63. The zero-order valence-corrected chi connectivity index (χ0v) is 10.7. The minimum absolute atomic E-state index is 0.249. The Morgan fingerprint density at radius 3 is 2.63 bits per heavy atom. The minimum atomic E-state index is 0.249. The van der Waals surface area contributed by atoms with Gasteiger partial charge in [-0.2, -0.15) is 9.94 Å². The van der Waals surface area contributed by atoms with Crippen LogP contribution in [0.2, 0.25) is 0 Å². The van der Waals surface area contributed by atoms with Crippen LogP contribution in [0.3, 0.4) is 0 Å². The molecule has 0 N–H and O–H groups in total. The van der Waals surface area contributed by atoms with Crippen molar-refractivity contribution < 1.29 is 0 Å². The Morgan fingerprint density at radius 1 is 1.21 bits per heavy atom. The molecule has 0 spiro atoms. The van der Waals surface area contributed by atoms with Crippen molar-refractivity contribution in [2.24, 2.45) is 0 Å². The van der Waals surface area contributed by atoms with Crippen molar-refractivity contribution >= 4 is 11.3 Å². The SMILES string of the molecule is Cc1nnc(-n2nnc(C#N)c2-c2ccncc2)s1. The summed E-state index contributed by atoms with van der Waals surface area (Å²) >= 11 is 1.39. The lowest BCUT2D eigenvalue weighted by Gasteiger charge is -2.01. The van der Waals surface area contributed by atoms with Gasteiger partial charge in [0.15, 0.2) is 5.69 Å². The Morgan fingerprint density at radius 2 is 2.00 bits per heavy atom. The molecule has 0 unspecified atom stereocenters. The van der Waals surface area contributed by atoms with Gasteiger partial charge in [-0.15, -0.1) is 15.3 Å². The van der Waals surface area contributed by atoms with Crippen LogP contribution in [-0.4, -0.2) is 30.2 Å². The second kappa shape index (κ2) is 4.55. The molecule has 0 aliphatic carbocycles. The number of hydrogen-bond acceptors (Lipinski definition) is 7. The molecular formula is C11H7N7S. The first kappa shape index (κ1) is 11.4. The van der Waals surface area contributed by atoms with Crippen LogP contribution in [0.1, 0.15) is 10.7 Å². The van der Waals surface area contributed by atoms with Gasteiger partial charge in [0.25, 0.3) is 0 Å². The molecule has 0 radical (unpaired) electrons. The molecule has 7 nitrogen and oxygen atoms in total. The van der Waals surface area contributed by atoms with Crippen LogP contribution in [0, 0.1) is 18.3 Å².